The fourth-order valence-electron chi connectivity index (χ4n) is 1.41. The van der Waals surface area contributed by atoms with Crippen molar-refractivity contribution in [3.05, 3.63) is 0 Å². The minimum absolute atomic E-state index is 0.0557. The molecule has 0 bridgehead atoms. The lowest BCUT2D eigenvalue weighted by atomic mass is 10.2. The molecule has 1 rings (SSSR count). The van der Waals surface area contributed by atoms with Crippen molar-refractivity contribution in [2.75, 3.05) is 6.61 Å². The summed E-state index contributed by atoms with van der Waals surface area (Å²) in [4.78, 5) is 0. The molecule has 1 aliphatic rings. The lowest BCUT2D eigenvalue weighted by molar-refractivity contribution is 0.207. The molecule has 1 aliphatic heterocycles. The Labute approximate surface area is 121 Å². The third-order valence-corrected chi connectivity index (χ3v) is 9.11. The monoisotopic (exact) mass is 298 g/mol. The summed E-state index contributed by atoms with van der Waals surface area (Å²) in [5.74, 6) is 3.40. The fourth-order valence-corrected chi connectivity index (χ4v) is 3.22. The van der Waals surface area contributed by atoms with E-state index in [4.69, 9.17) is 9.16 Å². The first kappa shape index (κ1) is 17.0. The zero-order valence-electron chi connectivity index (χ0n) is 13.9. The van der Waals surface area contributed by atoms with Gasteiger partial charge in [0.1, 0.15) is 14.2 Å². The maximum atomic E-state index is 6.46. The van der Waals surface area contributed by atoms with Crippen LogP contribution in [-0.4, -0.2) is 35.2 Å². The predicted octanol–water partition coefficient (Wildman–Crippen LogP) is 4.05. The van der Waals surface area contributed by atoms with Gasteiger partial charge in [0.05, 0.1) is 12.7 Å². The second-order valence-electron chi connectivity index (χ2n) is 8.08. The molecular weight excluding hydrogens is 268 g/mol. The zero-order chi connectivity index (χ0) is 14.9. The van der Waals surface area contributed by atoms with Crippen LogP contribution in [0.4, 0.5) is 0 Å². The Morgan fingerprint density at radius 2 is 1.74 bits per heavy atom. The fraction of sp³-hybridized carbons (Fsp3) is 0.867. The van der Waals surface area contributed by atoms with E-state index in [2.05, 4.69) is 65.0 Å². The summed E-state index contributed by atoms with van der Waals surface area (Å²) in [7, 11) is -3.08. The SMILES string of the molecule is CC(C)(C)[Si](C)(C)O[C@H](C#C[Si](C)(C)C)C[C@H]1CO1. The summed E-state index contributed by atoms with van der Waals surface area (Å²) >= 11 is 0. The molecule has 0 amide bonds. The standard InChI is InChI=1S/C15H30O2Si2/c1-15(2,3)19(7,8)17-13(11-14-12-16-14)9-10-18(4,5)6/h13-14H,11-12H2,1-8H3/t13-,14+/m1/s1. The van der Waals surface area contributed by atoms with Crippen LogP contribution in [0.15, 0.2) is 0 Å². The van der Waals surface area contributed by atoms with Crippen LogP contribution in [0.1, 0.15) is 27.2 Å². The van der Waals surface area contributed by atoms with Gasteiger partial charge in [0, 0.05) is 6.42 Å². The smallest absolute Gasteiger partial charge is 0.193 e. The van der Waals surface area contributed by atoms with Crippen LogP contribution in [-0.2, 0) is 9.16 Å². The van der Waals surface area contributed by atoms with E-state index < -0.39 is 16.4 Å². The first-order valence-electron chi connectivity index (χ1n) is 7.23. The Morgan fingerprint density at radius 1 is 1.21 bits per heavy atom. The number of hydrogen-bond donors (Lipinski definition) is 0. The van der Waals surface area contributed by atoms with Crippen LogP contribution < -0.4 is 0 Å². The van der Waals surface area contributed by atoms with E-state index in [-0.39, 0.29) is 11.1 Å². The molecule has 2 nitrogen and oxygen atoms in total. The van der Waals surface area contributed by atoms with Gasteiger partial charge in [0.25, 0.3) is 0 Å². The van der Waals surface area contributed by atoms with Gasteiger partial charge in [-0.2, -0.15) is 0 Å². The maximum absolute atomic E-state index is 6.46. The molecule has 1 heterocycles. The lowest BCUT2D eigenvalue weighted by Gasteiger charge is -2.38. The lowest BCUT2D eigenvalue weighted by Crippen LogP contribution is -2.44. The van der Waals surface area contributed by atoms with Crippen molar-refractivity contribution in [1.29, 1.82) is 0 Å². The highest BCUT2D eigenvalue weighted by molar-refractivity contribution is 6.83. The molecular formula is C15H30O2Si2. The van der Waals surface area contributed by atoms with E-state index in [9.17, 15) is 0 Å². The second-order valence-corrected chi connectivity index (χ2v) is 17.6. The Morgan fingerprint density at radius 3 is 2.11 bits per heavy atom. The van der Waals surface area contributed by atoms with E-state index in [0.29, 0.717) is 6.10 Å². The Hall–Kier alpha value is -0.0862. The van der Waals surface area contributed by atoms with E-state index in [1.807, 2.05) is 0 Å². The van der Waals surface area contributed by atoms with Gasteiger partial charge in [0.15, 0.2) is 8.32 Å². The molecule has 0 unspecified atom stereocenters. The van der Waals surface area contributed by atoms with Crippen LogP contribution in [0.5, 0.6) is 0 Å². The molecule has 0 aliphatic carbocycles. The predicted molar refractivity (Wildman–Crippen MR) is 87.5 cm³/mol. The van der Waals surface area contributed by atoms with Gasteiger partial charge in [-0.3, -0.25) is 0 Å². The highest BCUT2D eigenvalue weighted by atomic mass is 28.4. The van der Waals surface area contributed by atoms with Crippen molar-refractivity contribution < 1.29 is 9.16 Å². The van der Waals surface area contributed by atoms with Crippen molar-refractivity contribution >= 4 is 16.4 Å². The Kier molecular flexibility index (Phi) is 5.11. The van der Waals surface area contributed by atoms with Crippen molar-refractivity contribution in [2.24, 2.45) is 0 Å². The molecule has 19 heavy (non-hydrogen) atoms. The Balaban J connectivity index is 2.76. The van der Waals surface area contributed by atoms with Crippen LogP contribution in [0.25, 0.3) is 0 Å². The maximum Gasteiger partial charge on any atom is 0.193 e. The number of hydrogen-bond acceptors (Lipinski definition) is 2. The molecule has 0 aromatic rings. The van der Waals surface area contributed by atoms with E-state index in [1.54, 1.807) is 0 Å². The van der Waals surface area contributed by atoms with Crippen LogP contribution in [0.2, 0.25) is 37.8 Å². The molecule has 1 saturated heterocycles. The molecule has 0 aromatic carbocycles. The van der Waals surface area contributed by atoms with Gasteiger partial charge in [-0.15, -0.1) is 5.54 Å². The zero-order valence-corrected chi connectivity index (χ0v) is 15.9. The van der Waals surface area contributed by atoms with Crippen molar-refractivity contribution in [2.45, 2.75) is 77.2 Å². The van der Waals surface area contributed by atoms with Crippen molar-refractivity contribution in [3.63, 3.8) is 0 Å². The summed E-state index contributed by atoms with van der Waals surface area (Å²) < 4.78 is 11.8. The molecule has 0 saturated carbocycles. The quantitative estimate of drug-likeness (QED) is 0.444. The van der Waals surface area contributed by atoms with Gasteiger partial charge in [0.2, 0.25) is 0 Å². The second kappa shape index (κ2) is 5.73. The molecule has 0 aromatic heterocycles. The molecule has 4 heteroatoms. The summed E-state index contributed by atoms with van der Waals surface area (Å²) in [6.07, 6.45) is 1.37. The van der Waals surface area contributed by atoms with Crippen LogP contribution in [0.3, 0.4) is 0 Å². The van der Waals surface area contributed by atoms with E-state index in [1.165, 1.54) is 0 Å². The average molecular weight is 299 g/mol. The summed E-state index contributed by atoms with van der Waals surface area (Å²) in [6, 6.07) is 0. The largest absolute Gasteiger partial charge is 0.403 e. The van der Waals surface area contributed by atoms with Gasteiger partial charge in [-0.05, 0) is 18.1 Å². The first-order chi connectivity index (χ1) is 8.41. The van der Waals surface area contributed by atoms with Gasteiger partial charge >= 0.3 is 0 Å². The summed E-state index contributed by atoms with van der Waals surface area (Å²) in [6.45, 7) is 19.1. The Bertz CT molecular complexity index is 362. The first-order valence-corrected chi connectivity index (χ1v) is 13.6. The molecule has 2 atom stereocenters. The molecule has 0 N–H and O–H groups in total. The average Bonchev–Trinajstić information content (AvgIpc) is 2.94. The van der Waals surface area contributed by atoms with Gasteiger partial charge < -0.3 is 9.16 Å². The normalized spacial score (nSPS) is 21.6. The molecule has 1 fully saturated rings. The number of epoxide rings is 1. The highest BCUT2D eigenvalue weighted by Crippen LogP contribution is 2.38. The number of rotatable bonds is 4. The van der Waals surface area contributed by atoms with E-state index >= 15 is 0 Å². The van der Waals surface area contributed by atoms with Crippen molar-refractivity contribution in [3.8, 4) is 11.5 Å². The minimum Gasteiger partial charge on any atom is -0.403 e. The summed E-state index contributed by atoms with van der Waals surface area (Å²) in [5, 5.41) is 0.233. The van der Waals surface area contributed by atoms with Crippen LogP contribution in [0, 0.1) is 11.5 Å². The molecule has 0 spiro atoms. The third-order valence-electron chi connectivity index (χ3n) is 3.73. The minimum atomic E-state index is -1.75. The molecule has 110 valence electrons. The van der Waals surface area contributed by atoms with Crippen LogP contribution >= 0.6 is 0 Å². The van der Waals surface area contributed by atoms with E-state index in [0.717, 1.165) is 13.0 Å². The summed E-state index contributed by atoms with van der Waals surface area (Å²) in [5.41, 5.74) is 3.46. The molecule has 0 radical (unpaired) electrons. The topological polar surface area (TPSA) is 21.8 Å². The van der Waals surface area contributed by atoms with Gasteiger partial charge in [-0.25, -0.2) is 0 Å². The van der Waals surface area contributed by atoms with Crippen molar-refractivity contribution in [1.82, 2.24) is 0 Å². The number of ether oxygens (including phenoxy) is 1. The third kappa shape index (κ3) is 6.26. The van der Waals surface area contributed by atoms with Gasteiger partial charge in [-0.1, -0.05) is 46.3 Å². The highest BCUT2D eigenvalue weighted by Gasteiger charge is 2.40.